The van der Waals surface area contributed by atoms with Gasteiger partial charge in [0.05, 0.1) is 28.4 Å². The van der Waals surface area contributed by atoms with Crippen molar-refractivity contribution in [2.75, 3.05) is 55.0 Å². The summed E-state index contributed by atoms with van der Waals surface area (Å²) < 4.78 is 3.26. The third kappa shape index (κ3) is 2.68. The topological polar surface area (TPSA) is 77.9 Å². The van der Waals surface area contributed by atoms with Crippen LogP contribution in [0.25, 0.3) is 10.2 Å². The van der Waals surface area contributed by atoms with Gasteiger partial charge in [-0.3, -0.25) is 0 Å². The minimum atomic E-state index is 0.0797. The molecule has 3 rings (SSSR count). The zero-order valence-corrected chi connectivity index (χ0v) is 12.8. The van der Waals surface area contributed by atoms with Crippen molar-refractivity contribution in [1.29, 1.82) is 0 Å². The molecule has 2 aromatic heterocycles. The number of nitrogens with two attached hydrogens (primary N) is 1. The van der Waals surface area contributed by atoms with Crippen molar-refractivity contribution >= 4 is 32.4 Å². The number of aromatic nitrogens is 1. The van der Waals surface area contributed by atoms with E-state index >= 15 is 0 Å². The van der Waals surface area contributed by atoms with E-state index in [2.05, 4.69) is 15.8 Å². The van der Waals surface area contributed by atoms with Gasteiger partial charge < -0.3 is 25.9 Å². The van der Waals surface area contributed by atoms with Crippen LogP contribution >= 0.6 is 11.3 Å². The molecule has 3 heterocycles. The van der Waals surface area contributed by atoms with Crippen molar-refractivity contribution in [3.63, 3.8) is 0 Å². The van der Waals surface area contributed by atoms with Crippen molar-refractivity contribution in [2.45, 2.75) is 12.8 Å². The third-order valence-corrected chi connectivity index (χ3v) is 5.03. The maximum atomic E-state index is 9.17. The molecule has 7 heteroatoms. The number of anilines is 2. The highest BCUT2D eigenvalue weighted by Gasteiger charge is 2.20. The van der Waals surface area contributed by atoms with E-state index in [1.165, 1.54) is 12.8 Å². The molecule has 0 radical (unpaired) electrons. The molecule has 1 aliphatic heterocycles. The normalized spacial score (nSPS) is 15.2. The first-order valence-corrected chi connectivity index (χ1v) is 8.19. The molecule has 0 aromatic carbocycles. The lowest BCUT2D eigenvalue weighted by atomic mass is 10.4. The average Bonchev–Trinajstić information content (AvgIpc) is 3.14. The Bertz CT molecular complexity index is 597. The van der Waals surface area contributed by atoms with Gasteiger partial charge in [0.1, 0.15) is 5.82 Å². The van der Waals surface area contributed by atoms with Crippen LogP contribution in [0, 0.1) is 0 Å². The lowest BCUT2D eigenvalue weighted by Gasteiger charge is -2.22. The van der Waals surface area contributed by atoms with Crippen molar-refractivity contribution in [3.8, 4) is 0 Å². The first-order chi connectivity index (χ1) is 10.2. The average molecular weight is 310 g/mol. The maximum Gasteiger partial charge on any atom is 0.124 e. The number of fused-ring (bicyclic) bond motifs is 1. The Hall–Kier alpha value is -1.44. The van der Waals surface area contributed by atoms with Gasteiger partial charge in [-0.2, -0.15) is 0 Å². The highest BCUT2D eigenvalue weighted by atomic mass is 32.1. The number of rotatable bonds is 6. The Balaban J connectivity index is 1.96. The molecule has 0 unspecified atom stereocenters. The molecular weight excluding hydrogens is 288 g/mol. The molecule has 116 valence electrons. The van der Waals surface area contributed by atoms with Crippen LogP contribution in [-0.4, -0.2) is 54.3 Å². The molecule has 0 amide bonds. The van der Waals surface area contributed by atoms with Crippen molar-refractivity contribution in [1.82, 2.24) is 4.68 Å². The van der Waals surface area contributed by atoms with Crippen molar-refractivity contribution in [2.24, 2.45) is 0 Å². The van der Waals surface area contributed by atoms with Gasteiger partial charge in [-0.15, -0.1) is 11.3 Å². The van der Waals surface area contributed by atoms with E-state index in [1.807, 2.05) is 11.0 Å². The van der Waals surface area contributed by atoms with Gasteiger partial charge in [-0.1, -0.05) is 0 Å². The summed E-state index contributed by atoms with van der Waals surface area (Å²) in [6.45, 7) is 3.30. The fourth-order valence-corrected chi connectivity index (χ4v) is 4.07. The van der Waals surface area contributed by atoms with E-state index in [-0.39, 0.29) is 13.2 Å². The molecule has 1 aliphatic rings. The third-order valence-electron chi connectivity index (χ3n) is 3.90. The number of hydrogen-bond donors (Lipinski definition) is 3. The second kappa shape index (κ2) is 6.13. The van der Waals surface area contributed by atoms with Gasteiger partial charge in [0.25, 0.3) is 0 Å². The van der Waals surface area contributed by atoms with E-state index in [0.717, 1.165) is 34.1 Å². The van der Waals surface area contributed by atoms with Gasteiger partial charge in [-0.25, -0.2) is 4.68 Å². The molecule has 0 spiro atoms. The summed E-state index contributed by atoms with van der Waals surface area (Å²) in [5.41, 5.74) is 7.28. The summed E-state index contributed by atoms with van der Waals surface area (Å²) in [6, 6.07) is 4.12. The summed E-state index contributed by atoms with van der Waals surface area (Å²) in [7, 11) is 0. The van der Waals surface area contributed by atoms with Crippen molar-refractivity contribution < 1.29 is 10.2 Å². The quantitative estimate of drug-likeness (QED) is 0.736. The maximum absolute atomic E-state index is 9.17. The molecule has 0 aliphatic carbocycles. The minimum absolute atomic E-state index is 0.0797. The molecule has 0 saturated carbocycles. The minimum Gasteiger partial charge on any atom is -0.395 e. The highest BCUT2D eigenvalue weighted by molar-refractivity contribution is 7.22. The molecular formula is C14H22N4O2S. The number of nitrogens with zero attached hydrogens (tertiary/aromatic N) is 3. The zero-order valence-electron chi connectivity index (χ0n) is 12.0. The smallest absolute Gasteiger partial charge is 0.124 e. The standard InChI is InChI=1S/C14H22N4O2S/c15-13-10-12-11(18(13)17-3-1-2-4-17)9-14(21-12)16(5-7-19)6-8-20/h9-10,19-20H,1-8,15H2. The summed E-state index contributed by atoms with van der Waals surface area (Å²) in [4.78, 5) is 2.01. The van der Waals surface area contributed by atoms with Crippen LogP contribution in [0.1, 0.15) is 12.8 Å². The van der Waals surface area contributed by atoms with E-state index in [1.54, 1.807) is 11.3 Å². The summed E-state index contributed by atoms with van der Waals surface area (Å²) >= 11 is 1.66. The van der Waals surface area contributed by atoms with E-state index in [9.17, 15) is 0 Å². The van der Waals surface area contributed by atoms with Gasteiger partial charge >= 0.3 is 0 Å². The fraction of sp³-hybridized carbons (Fsp3) is 0.571. The SMILES string of the molecule is Nc1cc2sc(N(CCO)CCO)cc2n1N1CCCC1. The lowest BCUT2D eigenvalue weighted by molar-refractivity contribution is 0.281. The van der Waals surface area contributed by atoms with Crippen LogP contribution in [0.4, 0.5) is 10.8 Å². The van der Waals surface area contributed by atoms with E-state index in [4.69, 9.17) is 15.9 Å². The number of nitrogen functional groups attached to an aromatic ring is 1. The van der Waals surface area contributed by atoms with Gasteiger partial charge in [-0.05, 0) is 25.0 Å². The van der Waals surface area contributed by atoms with Gasteiger partial charge in [0, 0.05) is 26.2 Å². The lowest BCUT2D eigenvalue weighted by Crippen LogP contribution is -2.32. The number of aliphatic hydroxyl groups is 2. The Morgan fingerprint density at radius 1 is 1.14 bits per heavy atom. The molecule has 1 saturated heterocycles. The summed E-state index contributed by atoms with van der Waals surface area (Å²) in [5.74, 6) is 0.778. The molecule has 0 bridgehead atoms. The Morgan fingerprint density at radius 3 is 2.43 bits per heavy atom. The van der Waals surface area contributed by atoms with Crippen LogP contribution < -0.4 is 15.6 Å². The Kier molecular flexibility index (Phi) is 4.23. The number of hydrogen-bond acceptors (Lipinski definition) is 6. The summed E-state index contributed by atoms with van der Waals surface area (Å²) in [6.07, 6.45) is 2.41. The van der Waals surface area contributed by atoms with E-state index in [0.29, 0.717) is 13.1 Å². The molecule has 4 N–H and O–H groups in total. The Morgan fingerprint density at radius 2 is 1.81 bits per heavy atom. The Labute approximate surface area is 128 Å². The van der Waals surface area contributed by atoms with Crippen LogP contribution in [0.15, 0.2) is 12.1 Å². The molecule has 21 heavy (non-hydrogen) atoms. The predicted octanol–water partition coefficient (Wildman–Crippen LogP) is 0.808. The summed E-state index contributed by atoms with van der Waals surface area (Å²) in [5, 5.41) is 21.7. The monoisotopic (exact) mass is 310 g/mol. The van der Waals surface area contributed by atoms with Crippen LogP contribution in [-0.2, 0) is 0 Å². The second-order valence-electron chi connectivity index (χ2n) is 5.31. The largest absolute Gasteiger partial charge is 0.395 e. The van der Waals surface area contributed by atoms with Crippen LogP contribution in [0.3, 0.4) is 0 Å². The highest BCUT2D eigenvalue weighted by Crippen LogP contribution is 2.36. The zero-order chi connectivity index (χ0) is 14.8. The molecule has 6 nitrogen and oxygen atoms in total. The predicted molar refractivity (Wildman–Crippen MR) is 87.8 cm³/mol. The van der Waals surface area contributed by atoms with Gasteiger partial charge in [0.15, 0.2) is 0 Å². The number of aliphatic hydroxyl groups excluding tert-OH is 2. The molecule has 1 fully saturated rings. The number of thiophene rings is 1. The first kappa shape index (κ1) is 14.5. The van der Waals surface area contributed by atoms with Crippen LogP contribution in [0.2, 0.25) is 0 Å². The van der Waals surface area contributed by atoms with E-state index < -0.39 is 0 Å². The molecule has 2 aromatic rings. The first-order valence-electron chi connectivity index (χ1n) is 7.37. The second-order valence-corrected chi connectivity index (χ2v) is 6.37. The van der Waals surface area contributed by atoms with Crippen molar-refractivity contribution in [3.05, 3.63) is 12.1 Å². The van der Waals surface area contributed by atoms with Gasteiger partial charge in [0.2, 0.25) is 0 Å². The fourth-order valence-electron chi connectivity index (χ4n) is 2.93. The molecule has 0 atom stereocenters. The van der Waals surface area contributed by atoms with Crippen LogP contribution in [0.5, 0.6) is 0 Å².